The number of hydrogen-bond donors (Lipinski definition) is 1. The van der Waals surface area contributed by atoms with Gasteiger partial charge in [-0.15, -0.1) is 12.4 Å². The molecule has 16 heavy (non-hydrogen) atoms. The third kappa shape index (κ3) is 2.13. The van der Waals surface area contributed by atoms with Gasteiger partial charge in [0.15, 0.2) is 0 Å². The second-order valence-electron chi connectivity index (χ2n) is 4.42. The Morgan fingerprint density at radius 2 is 1.75 bits per heavy atom. The molecule has 1 fully saturated rings. The predicted octanol–water partition coefficient (Wildman–Crippen LogP) is 0.707. The van der Waals surface area contributed by atoms with Crippen LogP contribution in [0.4, 0.5) is 0 Å². The number of amides is 2. The summed E-state index contributed by atoms with van der Waals surface area (Å²) >= 11 is 0. The monoisotopic (exact) mass is 244 g/mol. The van der Waals surface area contributed by atoms with Crippen molar-refractivity contribution in [2.45, 2.75) is 25.8 Å². The van der Waals surface area contributed by atoms with E-state index in [1.807, 2.05) is 12.2 Å². The topological polar surface area (TPSA) is 63.4 Å². The number of nitrogens with two attached hydrogens (primary N) is 1. The van der Waals surface area contributed by atoms with Crippen LogP contribution in [0.2, 0.25) is 0 Å². The molecule has 0 aromatic rings. The molecule has 4 nitrogen and oxygen atoms in total. The Morgan fingerprint density at radius 1 is 1.31 bits per heavy atom. The molecule has 0 aromatic heterocycles. The van der Waals surface area contributed by atoms with Crippen molar-refractivity contribution in [3.63, 3.8) is 0 Å². The van der Waals surface area contributed by atoms with Crippen molar-refractivity contribution in [3.8, 4) is 0 Å². The van der Waals surface area contributed by atoms with E-state index in [1.54, 1.807) is 6.92 Å². The van der Waals surface area contributed by atoms with E-state index in [4.69, 9.17) is 5.73 Å². The van der Waals surface area contributed by atoms with Gasteiger partial charge >= 0.3 is 0 Å². The normalized spacial score (nSPS) is 30.0. The standard InChI is InChI=1S/C11H16N2O2.ClH/c1-7(12)6-13-10(14)8-4-2-3-5-9(8)11(13)15;/h2-3,7-9H,4-6,12H2,1H3;1H. The number of halogens is 1. The van der Waals surface area contributed by atoms with Crippen LogP contribution in [-0.4, -0.2) is 29.3 Å². The van der Waals surface area contributed by atoms with Crippen LogP contribution in [0.3, 0.4) is 0 Å². The highest BCUT2D eigenvalue weighted by Crippen LogP contribution is 2.34. The summed E-state index contributed by atoms with van der Waals surface area (Å²) in [6.45, 7) is 2.16. The van der Waals surface area contributed by atoms with Gasteiger partial charge in [-0.1, -0.05) is 12.2 Å². The average molecular weight is 245 g/mol. The number of nitrogens with zero attached hydrogens (tertiary/aromatic N) is 1. The lowest BCUT2D eigenvalue weighted by Gasteiger charge is -2.16. The van der Waals surface area contributed by atoms with Gasteiger partial charge in [-0.3, -0.25) is 14.5 Å². The Hall–Kier alpha value is -0.870. The lowest BCUT2D eigenvalue weighted by atomic mass is 9.85. The molecule has 1 aliphatic heterocycles. The largest absolute Gasteiger partial charge is 0.326 e. The molecular weight excluding hydrogens is 228 g/mol. The first-order valence-electron chi connectivity index (χ1n) is 5.37. The molecule has 2 rings (SSSR count). The van der Waals surface area contributed by atoms with Crippen LogP contribution in [0, 0.1) is 11.8 Å². The quantitative estimate of drug-likeness (QED) is 0.575. The predicted molar refractivity (Wildman–Crippen MR) is 63.0 cm³/mol. The molecule has 0 aromatic carbocycles. The SMILES string of the molecule is CC(N)CN1C(=O)C2CC=CCC2C1=O.Cl. The minimum atomic E-state index is -0.147. The fraction of sp³-hybridized carbons (Fsp3) is 0.636. The van der Waals surface area contributed by atoms with Crippen LogP contribution in [0.1, 0.15) is 19.8 Å². The Labute approximate surface area is 101 Å². The number of rotatable bonds is 2. The van der Waals surface area contributed by atoms with Gasteiger partial charge in [0.05, 0.1) is 11.8 Å². The summed E-state index contributed by atoms with van der Waals surface area (Å²) in [5.41, 5.74) is 5.62. The molecule has 1 saturated heterocycles. The summed E-state index contributed by atoms with van der Waals surface area (Å²) < 4.78 is 0. The number of fused-ring (bicyclic) bond motifs is 1. The summed E-state index contributed by atoms with van der Waals surface area (Å²) in [5, 5.41) is 0. The van der Waals surface area contributed by atoms with Crippen molar-refractivity contribution in [1.82, 2.24) is 4.90 Å². The van der Waals surface area contributed by atoms with E-state index in [0.717, 1.165) is 0 Å². The first-order valence-corrected chi connectivity index (χ1v) is 5.37. The molecule has 3 atom stereocenters. The van der Waals surface area contributed by atoms with Crippen molar-refractivity contribution in [1.29, 1.82) is 0 Å². The summed E-state index contributed by atoms with van der Waals surface area (Å²) in [5.74, 6) is -0.319. The first kappa shape index (κ1) is 13.2. The molecule has 2 aliphatic rings. The first-order chi connectivity index (χ1) is 7.11. The van der Waals surface area contributed by atoms with Crippen LogP contribution in [0.15, 0.2) is 12.2 Å². The third-order valence-electron chi connectivity index (χ3n) is 3.07. The second-order valence-corrected chi connectivity index (χ2v) is 4.42. The highest BCUT2D eigenvalue weighted by atomic mass is 35.5. The van der Waals surface area contributed by atoms with Crippen LogP contribution in [0.5, 0.6) is 0 Å². The molecule has 0 spiro atoms. The smallest absolute Gasteiger partial charge is 0.233 e. The number of allylic oxidation sites excluding steroid dienone is 2. The minimum Gasteiger partial charge on any atom is -0.326 e. The molecule has 90 valence electrons. The second kappa shape index (κ2) is 4.97. The van der Waals surface area contributed by atoms with Crippen LogP contribution >= 0.6 is 12.4 Å². The van der Waals surface area contributed by atoms with Gasteiger partial charge in [0.25, 0.3) is 0 Å². The van der Waals surface area contributed by atoms with Gasteiger partial charge in [0.2, 0.25) is 11.8 Å². The highest BCUT2D eigenvalue weighted by Gasteiger charge is 2.46. The van der Waals surface area contributed by atoms with Crippen molar-refractivity contribution in [2.75, 3.05) is 6.54 Å². The molecule has 5 heteroatoms. The Bertz CT molecular complexity index is 302. The molecule has 1 heterocycles. The zero-order chi connectivity index (χ0) is 11.0. The maximum absolute atomic E-state index is 11.9. The van der Waals surface area contributed by atoms with Crippen LogP contribution < -0.4 is 5.73 Å². The number of carbonyl (C=O) groups is 2. The van der Waals surface area contributed by atoms with E-state index in [2.05, 4.69) is 0 Å². The lowest BCUT2D eigenvalue weighted by Crippen LogP contribution is -2.40. The summed E-state index contributed by atoms with van der Waals surface area (Å²) in [6, 6.07) is -0.147. The van der Waals surface area contributed by atoms with Crippen molar-refractivity contribution in [2.24, 2.45) is 17.6 Å². The third-order valence-corrected chi connectivity index (χ3v) is 3.07. The molecular formula is C11H17ClN2O2. The molecule has 0 saturated carbocycles. The molecule has 2 N–H and O–H groups in total. The van der Waals surface area contributed by atoms with Gasteiger partial charge in [-0.2, -0.15) is 0 Å². The summed E-state index contributed by atoms with van der Waals surface area (Å²) in [6.07, 6.45) is 5.37. The molecule has 1 aliphatic carbocycles. The fourth-order valence-electron chi connectivity index (χ4n) is 2.34. The van der Waals surface area contributed by atoms with Crippen molar-refractivity contribution < 1.29 is 9.59 Å². The minimum absolute atomic E-state index is 0. The van der Waals surface area contributed by atoms with E-state index in [-0.39, 0.29) is 42.1 Å². The molecule has 0 radical (unpaired) electrons. The summed E-state index contributed by atoms with van der Waals surface area (Å²) in [4.78, 5) is 25.1. The average Bonchev–Trinajstić information content (AvgIpc) is 2.44. The van der Waals surface area contributed by atoms with E-state index >= 15 is 0 Å². The highest BCUT2D eigenvalue weighted by molar-refractivity contribution is 6.05. The lowest BCUT2D eigenvalue weighted by molar-refractivity contribution is -0.140. The summed E-state index contributed by atoms with van der Waals surface area (Å²) in [7, 11) is 0. The number of carbonyl (C=O) groups excluding carboxylic acids is 2. The van der Waals surface area contributed by atoms with E-state index in [9.17, 15) is 9.59 Å². The van der Waals surface area contributed by atoms with Gasteiger partial charge in [-0.05, 0) is 19.8 Å². The number of likely N-dealkylation sites (tertiary alicyclic amines) is 1. The maximum Gasteiger partial charge on any atom is 0.233 e. The van der Waals surface area contributed by atoms with Gasteiger partial charge in [0, 0.05) is 12.6 Å². The fourth-order valence-corrected chi connectivity index (χ4v) is 2.34. The molecule has 2 amide bonds. The van der Waals surface area contributed by atoms with Gasteiger partial charge in [0.1, 0.15) is 0 Å². The van der Waals surface area contributed by atoms with Crippen LogP contribution in [0.25, 0.3) is 0 Å². The zero-order valence-electron chi connectivity index (χ0n) is 9.26. The van der Waals surface area contributed by atoms with Crippen molar-refractivity contribution >= 4 is 24.2 Å². The number of imide groups is 1. The van der Waals surface area contributed by atoms with E-state index in [0.29, 0.717) is 19.4 Å². The Morgan fingerprint density at radius 3 is 2.12 bits per heavy atom. The Balaban J connectivity index is 0.00000128. The van der Waals surface area contributed by atoms with Gasteiger partial charge in [-0.25, -0.2) is 0 Å². The number of hydrogen-bond acceptors (Lipinski definition) is 3. The Kier molecular flexibility index (Phi) is 4.10. The molecule has 0 bridgehead atoms. The van der Waals surface area contributed by atoms with E-state index in [1.165, 1.54) is 4.90 Å². The van der Waals surface area contributed by atoms with Crippen LogP contribution in [-0.2, 0) is 9.59 Å². The van der Waals surface area contributed by atoms with E-state index < -0.39 is 0 Å². The maximum atomic E-state index is 11.9. The molecule has 3 unspecified atom stereocenters. The zero-order valence-corrected chi connectivity index (χ0v) is 10.1. The van der Waals surface area contributed by atoms with Crippen molar-refractivity contribution in [3.05, 3.63) is 12.2 Å². The van der Waals surface area contributed by atoms with Gasteiger partial charge < -0.3 is 5.73 Å².